The molecule has 0 aromatic heterocycles. The Balaban J connectivity index is 2.41. The Kier molecular flexibility index (Phi) is 5.00. The van der Waals surface area contributed by atoms with Gasteiger partial charge in [-0.2, -0.15) is 0 Å². The van der Waals surface area contributed by atoms with Crippen LogP contribution in [0.25, 0.3) is 0 Å². The Hall–Kier alpha value is -1.95. The summed E-state index contributed by atoms with van der Waals surface area (Å²) in [5, 5.41) is 14.0. The van der Waals surface area contributed by atoms with E-state index in [2.05, 4.69) is 10.6 Å². The molecule has 19 heavy (non-hydrogen) atoms. The standard InChI is InChI=1S/C13H17FN2O3/c1-13(2,12(18)19)15-8-7-11(17)16-10-6-4-3-5-9(10)14/h3-6,15H,7-8H2,1-2H3,(H,16,17)(H,18,19). The highest BCUT2D eigenvalue weighted by atomic mass is 19.1. The molecule has 0 aliphatic carbocycles. The molecule has 1 rings (SSSR count). The molecule has 1 amide bonds. The second-order valence-electron chi connectivity index (χ2n) is 4.63. The average molecular weight is 268 g/mol. The van der Waals surface area contributed by atoms with E-state index in [0.717, 1.165) is 0 Å². The number of carboxylic acid groups (broad SMARTS) is 1. The lowest BCUT2D eigenvalue weighted by molar-refractivity contribution is -0.143. The van der Waals surface area contributed by atoms with Crippen LogP contribution in [0.3, 0.4) is 0 Å². The number of carboxylic acids is 1. The normalized spacial score (nSPS) is 11.1. The second-order valence-corrected chi connectivity index (χ2v) is 4.63. The first-order chi connectivity index (χ1) is 8.83. The van der Waals surface area contributed by atoms with Crippen molar-refractivity contribution in [2.45, 2.75) is 25.8 Å². The number of amides is 1. The van der Waals surface area contributed by atoms with Gasteiger partial charge in [-0.3, -0.25) is 9.59 Å². The second kappa shape index (κ2) is 6.29. The molecule has 1 aromatic carbocycles. The molecule has 0 fully saturated rings. The third-order valence-electron chi connectivity index (χ3n) is 2.60. The van der Waals surface area contributed by atoms with Crippen molar-refractivity contribution in [2.75, 3.05) is 11.9 Å². The zero-order chi connectivity index (χ0) is 14.5. The zero-order valence-electron chi connectivity index (χ0n) is 10.9. The van der Waals surface area contributed by atoms with Crippen molar-refractivity contribution in [3.8, 4) is 0 Å². The third-order valence-corrected chi connectivity index (χ3v) is 2.60. The molecule has 0 unspecified atom stereocenters. The van der Waals surface area contributed by atoms with Crippen LogP contribution in [0.5, 0.6) is 0 Å². The first-order valence-corrected chi connectivity index (χ1v) is 5.86. The Morgan fingerprint density at radius 1 is 1.32 bits per heavy atom. The molecule has 0 saturated heterocycles. The molecule has 0 aliphatic rings. The number of hydrogen-bond acceptors (Lipinski definition) is 3. The maximum atomic E-state index is 13.3. The highest BCUT2D eigenvalue weighted by Crippen LogP contribution is 2.12. The third kappa shape index (κ3) is 4.67. The summed E-state index contributed by atoms with van der Waals surface area (Å²) in [5.41, 5.74) is -0.983. The summed E-state index contributed by atoms with van der Waals surface area (Å²) in [7, 11) is 0. The summed E-state index contributed by atoms with van der Waals surface area (Å²) in [6.45, 7) is 3.20. The molecule has 0 saturated carbocycles. The highest BCUT2D eigenvalue weighted by molar-refractivity contribution is 5.91. The summed E-state index contributed by atoms with van der Waals surface area (Å²) in [4.78, 5) is 22.4. The van der Waals surface area contributed by atoms with Gasteiger partial charge >= 0.3 is 5.97 Å². The first kappa shape index (κ1) is 15.1. The predicted molar refractivity (Wildman–Crippen MR) is 69.4 cm³/mol. The Labute approximate surface area is 110 Å². The molecule has 0 atom stereocenters. The minimum atomic E-state index is -1.10. The van der Waals surface area contributed by atoms with Crippen LogP contribution in [0.2, 0.25) is 0 Å². The van der Waals surface area contributed by atoms with Gasteiger partial charge < -0.3 is 15.7 Å². The largest absolute Gasteiger partial charge is 0.480 e. The number of nitrogens with one attached hydrogen (secondary N) is 2. The van der Waals surface area contributed by atoms with Gasteiger partial charge in [-0.25, -0.2) is 4.39 Å². The molecule has 6 heteroatoms. The number of carbonyl (C=O) groups is 2. The summed E-state index contributed by atoms with van der Waals surface area (Å²) < 4.78 is 13.3. The Morgan fingerprint density at radius 2 is 1.95 bits per heavy atom. The van der Waals surface area contributed by atoms with Crippen molar-refractivity contribution >= 4 is 17.6 Å². The topological polar surface area (TPSA) is 78.4 Å². The monoisotopic (exact) mass is 268 g/mol. The average Bonchev–Trinajstić information content (AvgIpc) is 2.31. The molecule has 3 N–H and O–H groups in total. The van der Waals surface area contributed by atoms with Crippen molar-refractivity contribution in [3.63, 3.8) is 0 Å². The van der Waals surface area contributed by atoms with E-state index in [1.165, 1.54) is 32.0 Å². The van der Waals surface area contributed by atoms with Gasteiger partial charge in [0.05, 0.1) is 5.69 Å². The SMILES string of the molecule is CC(C)(NCCC(=O)Nc1ccccc1F)C(=O)O. The van der Waals surface area contributed by atoms with Gasteiger partial charge in [0, 0.05) is 13.0 Å². The maximum absolute atomic E-state index is 13.3. The summed E-state index contributed by atoms with van der Waals surface area (Å²) in [6.07, 6.45) is 0.0606. The lowest BCUT2D eigenvalue weighted by atomic mass is 10.1. The van der Waals surface area contributed by atoms with E-state index in [1.54, 1.807) is 6.07 Å². The number of anilines is 1. The van der Waals surface area contributed by atoms with Gasteiger partial charge in [0.25, 0.3) is 0 Å². The van der Waals surface area contributed by atoms with Gasteiger partial charge in [-0.15, -0.1) is 0 Å². The Morgan fingerprint density at radius 3 is 2.53 bits per heavy atom. The van der Waals surface area contributed by atoms with Crippen molar-refractivity contribution in [3.05, 3.63) is 30.1 Å². The maximum Gasteiger partial charge on any atom is 0.323 e. The number of benzene rings is 1. The van der Waals surface area contributed by atoms with Crippen LogP contribution in [-0.4, -0.2) is 29.1 Å². The van der Waals surface area contributed by atoms with E-state index in [4.69, 9.17) is 5.11 Å². The summed E-state index contributed by atoms with van der Waals surface area (Å²) >= 11 is 0. The lowest BCUT2D eigenvalue weighted by Crippen LogP contribution is -2.47. The number of rotatable bonds is 6. The molecule has 0 bridgehead atoms. The van der Waals surface area contributed by atoms with Crippen molar-refractivity contribution < 1.29 is 19.1 Å². The molecule has 5 nitrogen and oxygen atoms in total. The molecule has 104 valence electrons. The Bertz CT molecular complexity index is 475. The fraction of sp³-hybridized carbons (Fsp3) is 0.385. The van der Waals surface area contributed by atoms with Crippen molar-refractivity contribution in [1.82, 2.24) is 5.32 Å². The molecular formula is C13H17FN2O3. The van der Waals surface area contributed by atoms with Gasteiger partial charge in [0.15, 0.2) is 0 Å². The van der Waals surface area contributed by atoms with Crippen LogP contribution < -0.4 is 10.6 Å². The van der Waals surface area contributed by atoms with Crippen LogP contribution in [0.1, 0.15) is 20.3 Å². The number of para-hydroxylation sites is 1. The predicted octanol–water partition coefficient (Wildman–Crippen LogP) is 1.61. The summed E-state index contributed by atoms with van der Waals surface area (Å²) in [6, 6.07) is 5.86. The first-order valence-electron chi connectivity index (χ1n) is 5.86. The fourth-order valence-corrected chi connectivity index (χ4v) is 1.34. The number of carbonyl (C=O) groups excluding carboxylic acids is 1. The highest BCUT2D eigenvalue weighted by Gasteiger charge is 2.25. The van der Waals surface area contributed by atoms with E-state index >= 15 is 0 Å². The van der Waals surface area contributed by atoms with E-state index in [0.29, 0.717) is 0 Å². The van der Waals surface area contributed by atoms with Crippen LogP contribution in [-0.2, 0) is 9.59 Å². The van der Waals surface area contributed by atoms with Crippen molar-refractivity contribution in [1.29, 1.82) is 0 Å². The van der Waals surface area contributed by atoms with Gasteiger partial charge in [0.2, 0.25) is 5.91 Å². The van der Waals surface area contributed by atoms with E-state index in [9.17, 15) is 14.0 Å². The zero-order valence-corrected chi connectivity index (χ0v) is 10.9. The van der Waals surface area contributed by atoms with Crippen LogP contribution in [0.4, 0.5) is 10.1 Å². The summed E-state index contributed by atoms with van der Waals surface area (Å²) in [5.74, 6) is -1.88. The van der Waals surface area contributed by atoms with Crippen LogP contribution >= 0.6 is 0 Å². The molecule has 0 heterocycles. The minimum Gasteiger partial charge on any atom is -0.480 e. The number of halogens is 1. The van der Waals surface area contributed by atoms with Crippen LogP contribution in [0.15, 0.2) is 24.3 Å². The van der Waals surface area contributed by atoms with Gasteiger partial charge in [0.1, 0.15) is 11.4 Å². The van der Waals surface area contributed by atoms with E-state index in [-0.39, 0.29) is 24.6 Å². The van der Waals surface area contributed by atoms with Crippen LogP contribution in [0, 0.1) is 5.82 Å². The lowest BCUT2D eigenvalue weighted by Gasteiger charge is -2.20. The van der Waals surface area contributed by atoms with Crippen molar-refractivity contribution in [2.24, 2.45) is 0 Å². The number of aliphatic carboxylic acids is 1. The van der Waals surface area contributed by atoms with Gasteiger partial charge in [-0.05, 0) is 26.0 Å². The molecule has 0 radical (unpaired) electrons. The van der Waals surface area contributed by atoms with E-state index < -0.39 is 17.3 Å². The smallest absolute Gasteiger partial charge is 0.323 e. The molecular weight excluding hydrogens is 251 g/mol. The quantitative estimate of drug-likeness (QED) is 0.732. The fourth-order valence-electron chi connectivity index (χ4n) is 1.34. The molecule has 0 aliphatic heterocycles. The minimum absolute atomic E-state index is 0.0606. The molecule has 1 aromatic rings. The number of hydrogen-bond donors (Lipinski definition) is 3. The van der Waals surface area contributed by atoms with E-state index in [1.807, 2.05) is 0 Å². The van der Waals surface area contributed by atoms with Gasteiger partial charge in [-0.1, -0.05) is 12.1 Å². The molecule has 0 spiro atoms.